The average Bonchev–Trinajstić information content (AvgIpc) is 2.86. The summed E-state index contributed by atoms with van der Waals surface area (Å²) in [5.74, 6) is -0.754. The van der Waals surface area contributed by atoms with Crippen LogP contribution in [0.15, 0.2) is 58.6 Å². The number of hydrogen-bond donors (Lipinski definition) is 1. The molecule has 0 radical (unpaired) electrons. The molecule has 12 heteroatoms. The molecule has 1 atom stereocenters. The number of carbonyl (C=O) groups excluding carboxylic acids is 2. The first-order valence-electron chi connectivity index (χ1n) is 11.3. The molecule has 8 nitrogen and oxygen atoms in total. The second-order valence-corrected chi connectivity index (χ2v) is 10.7. The van der Waals surface area contributed by atoms with E-state index in [-0.39, 0.29) is 58.2 Å². The minimum atomic E-state index is -4.64. The molecule has 0 fully saturated rings. The van der Waals surface area contributed by atoms with Crippen LogP contribution in [-0.2, 0) is 25.5 Å². The number of carbonyl (C=O) groups is 2. The zero-order valence-electron chi connectivity index (χ0n) is 19.6. The summed E-state index contributed by atoms with van der Waals surface area (Å²) in [5.41, 5.74) is -0.541. The van der Waals surface area contributed by atoms with Crippen molar-refractivity contribution in [2.24, 2.45) is 0 Å². The molecule has 1 heterocycles. The van der Waals surface area contributed by atoms with Crippen LogP contribution in [0.4, 0.5) is 23.7 Å². The number of nitrogens with one attached hydrogen (secondary N) is 1. The Morgan fingerprint density at radius 2 is 1.92 bits per heavy atom. The molecule has 194 valence electrons. The molecule has 0 saturated carbocycles. The highest BCUT2D eigenvalue weighted by Crippen LogP contribution is 2.42. The summed E-state index contributed by atoms with van der Waals surface area (Å²) in [6, 6.07) is 8.05. The maximum Gasteiger partial charge on any atom is 0.416 e. The number of sulfone groups is 1. The Morgan fingerprint density at radius 3 is 2.59 bits per heavy atom. The maximum atomic E-state index is 13.3. The number of rotatable bonds is 6. The molecule has 2 aromatic rings. The topological polar surface area (TPSA) is 117 Å². The van der Waals surface area contributed by atoms with Crippen LogP contribution in [0, 0.1) is 11.3 Å². The summed E-state index contributed by atoms with van der Waals surface area (Å²) < 4.78 is 71.2. The van der Waals surface area contributed by atoms with Crippen LogP contribution in [0.1, 0.15) is 42.0 Å². The Balaban J connectivity index is 1.90. The van der Waals surface area contributed by atoms with Crippen molar-refractivity contribution in [3.8, 4) is 6.07 Å². The van der Waals surface area contributed by atoms with Gasteiger partial charge in [0.1, 0.15) is 0 Å². The molecule has 1 aliphatic heterocycles. The van der Waals surface area contributed by atoms with Crippen LogP contribution in [0.2, 0.25) is 0 Å². The fraction of sp³-hybridized carbons (Fsp3) is 0.320. The van der Waals surface area contributed by atoms with E-state index in [4.69, 9.17) is 4.74 Å². The molecule has 2 amide bonds. The van der Waals surface area contributed by atoms with E-state index >= 15 is 0 Å². The lowest BCUT2D eigenvalue weighted by Crippen LogP contribution is -2.49. The number of nitrogens with zero attached hydrogens (tertiary/aromatic N) is 2. The number of nitriles is 1. The van der Waals surface area contributed by atoms with Gasteiger partial charge < -0.3 is 10.1 Å². The third kappa shape index (κ3) is 5.10. The van der Waals surface area contributed by atoms with Gasteiger partial charge in [-0.05, 0) is 48.7 Å². The maximum absolute atomic E-state index is 13.3. The van der Waals surface area contributed by atoms with Gasteiger partial charge in [0.2, 0.25) is 0 Å². The van der Waals surface area contributed by atoms with Gasteiger partial charge in [-0.1, -0.05) is 12.1 Å². The molecule has 0 bridgehead atoms. The number of ether oxygens (including phenoxy) is 1. The minimum Gasteiger partial charge on any atom is -0.384 e. The van der Waals surface area contributed by atoms with Crippen LogP contribution in [0.3, 0.4) is 0 Å². The number of halogens is 3. The number of urea groups is 1. The molecule has 2 aromatic carbocycles. The summed E-state index contributed by atoms with van der Waals surface area (Å²) in [6.45, 7) is -0.119. The summed E-state index contributed by atoms with van der Waals surface area (Å²) in [6.07, 6.45) is -3.91. The molecule has 0 saturated heterocycles. The number of benzene rings is 2. The molecule has 4 rings (SSSR count). The van der Waals surface area contributed by atoms with Gasteiger partial charge in [-0.2, -0.15) is 18.4 Å². The number of alkyl halides is 3. The van der Waals surface area contributed by atoms with Crippen molar-refractivity contribution in [2.75, 3.05) is 24.4 Å². The Morgan fingerprint density at radius 1 is 1.16 bits per heavy atom. The van der Waals surface area contributed by atoms with E-state index < -0.39 is 39.4 Å². The van der Waals surface area contributed by atoms with Crippen molar-refractivity contribution >= 4 is 27.3 Å². The summed E-state index contributed by atoms with van der Waals surface area (Å²) in [7, 11) is -2.66. The van der Waals surface area contributed by atoms with Crippen LogP contribution >= 0.6 is 0 Å². The molecule has 1 N–H and O–H groups in total. The van der Waals surface area contributed by atoms with Crippen molar-refractivity contribution in [3.63, 3.8) is 0 Å². The molecule has 0 spiro atoms. The molecule has 2 aliphatic rings. The predicted octanol–water partition coefficient (Wildman–Crippen LogP) is 4.28. The Hall–Kier alpha value is -3.69. The quantitative estimate of drug-likeness (QED) is 0.593. The molecule has 37 heavy (non-hydrogen) atoms. The molecular weight excluding hydrogens is 511 g/mol. The minimum absolute atomic E-state index is 0.0663. The monoisotopic (exact) mass is 533 g/mol. The summed E-state index contributed by atoms with van der Waals surface area (Å²) in [5, 5.41) is 12.0. The fourth-order valence-corrected chi connectivity index (χ4v) is 5.99. The fourth-order valence-electron chi connectivity index (χ4n) is 4.53. The second kappa shape index (κ2) is 9.99. The SMILES string of the molecule is COCCS(=O)(=O)c1cc(C#N)ccc1C1NC(=O)N(c2cccc(C(F)(F)F)c2)C2=C1C(=O)CCC2. The lowest BCUT2D eigenvalue weighted by molar-refractivity contribution is -0.137. The highest BCUT2D eigenvalue weighted by atomic mass is 32.2. The van der Waals surface area contributed by atoms with Crippen molar-refractivity contribution < 1.29 is 35.9 Å². The first-order valence-corrected chi connectivity index (χ1v) is 12.9. The van der Waals surface area contributed by atoms with Crippen LogP contribution in [-0.4, -0.2) is 39.7 Å². The lowest BCUT2D eigenvalue weighted by Gasteiger charge is -2.39. The van der Waals surface area contributed by atoms with E-state index in [1.165, 1.54) is 37.4 Å². The number of allylic oxidation sites excluding steroid dienone is 1. The van der Waals surface area contributed by atoms with Crippen LogP contribution < -0.4 is 10.2 Å². The van der Waals surface area contributed by atoms with E-state index in [9.17, 15) is 36.4 Å². The zero-order valence-corrected chi connectivity index (χ0v) is 20.4. The first kappa shape index (κ1) is 26.4. The van der Waals surface area contributed by atoms with Crippen molar-refractivity contribution in [3.05, 3.63) is 70.4 Å². The largest absolute Gasteiger partial charge is 0.416 e. The molecule has 1 unspecified atom stereocenters. The first-order chi connectivity index (χ1) is 17.5. The van der Waals surface area contributed by atoms with Crippen molar-refractivity contribution in [1.29, 1.82) is 5.26 Å². The van der Waals surface area contributed by atoms with Crippen molar-refractivity contribution in [1.82, 2.24) is 5.32 Å². The number of methoxy groups -OCH3 is 1. The highest BCUT2D eigenvalue weighted by Gasteiger charge is 2.42. The van der Waals surface area contributed by atoms with Gasteiger partial charge in [-0.3, -0.25) is 9.69 Å². The van der Waals surface area contributed by atoms with E-state index in [0.29, 0.717) is 6.42 Å². The van der Waals surface area contributed by atoms with Gasteiger partial charge >= 0.3 is 12.2 Å². The van der Waals surface area contributed by atoms with E-state index in [0.717, 1.165) is 17.0 Å². The molecular formula is C25H22F3N3O5S. The number of amides is 2. The Labute approximate surface area is 211 Å². The van der Waals surface area contributed by atoms with Gasteiger partial charge in [0.25, 0.3) is 0 Å². The van der Waals surface area contributed by atoms with E-state index in [2.05, 4.69) is 5.32 Å². The van der Waals surface area contributed by atoms with E-state index in [1.54, 1.807) is 0 Å². The zero-order chi connectivity index (χ0) is 27.0. The number of anilines is 1. The van der Waals surface area contributed by atoms with Gasteiger partial charge in [0.15, 0.2) is 15.6 Å². The Kier molecular flexibility index (Phi) is 7.12. The summed E-state index contributed by atoms with van der Waals surface area (Å²) in [4.78, 5) is 27.3. The van der Waals surface area contributed by atoms with Gasteiger partial charge in [0, 0.05) is 24.8 Å². The number of Topliss-reactive ketones (excluding diaryl/α,β-unsaturated/α-hetero) is 1. The van der Waals surface area contributed by atoms with E-state index in [1.807, 2.05) is 6.07 Å². The third-order valence-corrected chi connectivity index (χ3v) is 7.96. The van der Waals surface area contributed by atoms with Gasteiger partial charge in [-0.25, -0.2) is 13.2 Å². The van der Waals surface area contributed by atoms with Gasteiger partial charge in [-0.15, -0.1) is 0 Å². The lowest BCUT2D eigenvalue weighted by atomic mass is 9.84. The summed E-state index contributed by atoms with van der Waals surface area (Å²) >= 11 is 0. The number of ketones is 1. The van der Waals surface area contributed by atoms with Crippen LogP contribution in [0.5, 0.6) is 0 Å². The normalized spacial score (nSPS) is 18.4. The molecule has 0 aromatic heterocycles. The van der Waals surface area contributed by atoms with Crippen molar-refractivity contribution in [2.45, 2.75) is 36.4 Å². The standard InChI is InChI=1S/C25H22F3N3O5S/c1-36-10-11-37(34,35)21-12-15(14-29)8-9-18(21)23-22-19(6-3-7-20(22)32)31(24(33)30-23)17-5-2-4-16(13-17)25(26,27)28/h2,4-5,8-9,12-13,23H,3,6-7,10-11H2,1H3,(H,30,33). The van der Waals surface area contributed by atoms with Gasteiger partial charge in [0.05, 0.1) is 46.2 Å². The molecule has 1 aliphatic carbocycles. The highest BCUT2D eigenvalue weighted by molar-refractivity contribution is 7.91. The Bertz CT molecular complexity index is 1440. The third-order valence-electron chi connectivity index (χ3n) is 6.23. The average molecular weight is 534 g/mol. The smallest absolute Gasteiger partial charge is 0.384 e. The van der Waals surface area contributed by atoms with Crippen LogP contribution in [0.25, 0.3) is 0 Å². The number of hydrogen-bond acceptors (Lipinski definition) is 6. The second-order valence-electron chi connectivity index (χ2n) is 8.58. The predicted molar refractivity (Wildman–Crippen MR) is 126 cm³/mol.